The van der Waals surface area contributed by atoms with Gasteiger partial charge in [-0.25, -0.2) is 4.79 Å². The molecule has 0 radical (unpaired) electrons. The van der Waals surface area contributed by atoms with Crippen LogP contribution in [0, 0.1) is 5.92 Å². The molecule has 7 nitrogen and oxygen atoms in total. The van der Waals surface area contributed by atoms with Gasteiger partial charge in [0.05, 0.1) is 6.10 Å². The number of hydrogen-bond donors (Lipinski definition) is 2. The minimum absolute atomic E-state index is 0.0287. The van der Waals surface area contributed by atoms with E-state index in [0.29, 0.717) is 13.0 Å². The predicted octanol–water partition coefficient (Wildman–Crippen LogP) is -0.842. The fourth-order valence-electron chi connectivity index (χ4n) is 2.52. The number of urea groups is 1. The number of carbonyl (C=O) groups is 3. The van der Waals surface area contributed by atoms with Gasteiger partial charge in [0.1, 0.15) is 13.1 Å². The van der Waals surface area contributed by atoms with Crippen molar-refractivity contribution in [3.8, 4) is 0 Å². The molecular formula is C12H19N3O4. The molecule has 2 N–H and O–H groups in total. The lowest BCUT2D eigenvalue weighted by atomic mass is 10.1. The second kappa shape index (κ2) is 5.56. The molecule has 1 saturated heterocycles. The Morgan fingerprint density at radius 1 is 1.42 bits per heavy atom. The molecule has 2 aliphatic rings. The molecule has 0 bridgehead atoms. The molecule has 1 saturated carbocycles. The minimum Gasteiger partial charge on any atom is -0.393 e. The van der Waals surface area contributed by atoms with Crippen molar-refractivity contribution in [1.82, 2.24) is 15.1 Å². The zero-order chi connectivity index (χ0) is 14.0. The van der Waals surface area contributed by atoms with E-state index in [4.69, 9.17) is 0 Å². The quantitative estimate of drug-likeness (QED) is 0.651. The van der Waals surface area contributed by atoms with Crippen LogP contribution in [0.1, 0.15) is 19.3 Å². The van der Waals surface area contributed by atoms with E-state index in [1.807, 2.05) is 0 Å². The van der Waals surface area contributed by atoms with E-state index in [0.717, 1.165) is 17.7 Å². The number of rotatable bonds is 4. The highest BCUT2D eigenvalue weighted by molar-refractivity contribution is 6.04. The van der Waals surface area contributed by atoms with Gasteiger partial charge in [-0.2, -0.15) is 0 Å². The largest absolute Gasteiger partial charge is 0.393 e. The molecule has 2 atom stereocenters. The van der Waals surface area contributed by atoms with Crippen molar-refractivity contribution in [2.45, 2.75) is 25.4 Å². The first-order valence-electron chi connectivity index (χ1n) is 6.47. The van der Waals surface area contributed by atoms with Crippen molar-refractivity contribution >= 4 is 17.8 Å². The molecular weight excluding hydrogens is 250 g/mol. The van der Waals surface area contributed by atoms with E-state index < -0.39 is 6.03 Å². The Hall–Kier alpha value is -1.63. The van der Waals surface area contributed by atoms with Crippen LogP contribution in [0.2, 0.25) is 0 Å². The number of carbonyl (C=O) groups excluding carboxylic acids is 3. The number of imide groups is 1. The standard InChI is InChI=1S/C12H19N3O4/c1-14-7-11(18)15(12(14)19)6-10(17)13-5-8-2-3-9(16)4-8/h8-9,16H,2-7H2,1H3,(H,13,17). The van der Waals surface area contributed by atoms with Crippen LogP contribution >= 0.6 is 0 Å². The highest BCUT2D eigenvalue weighted by Gasteiger charge is 2.34. The molecule has 1 heterocycles. The lowest BCUT2D eigenvalue weighted by Crippen LogP contribution is -2.42. The SMILES string of the molecule is CN1CC(=O)N(CC(=O)NCC2CCC(O)C2)C1=O. The van der Waals surface area contributed by atoms with E-state index in [1.165, 1.54) is 11.9 Å². The molecule has 2 fully saturated rings. The average Bonchev–Trinajstić information content (AvgIpc) is 2.86. The first-order valence-corrected chi connectivity index (χ1v) is 6.47. The molecule has 2 unspecified atom stereocenters. The monoisotopic (exact) mass is 269 g/mol. The summed E-state index contributed by atoms with van der Waals surface area (Å²) in [7, 11) is 1.53. The van der Waals surface area contributed by atoms with Crippen LogP contribution in [0.15, 0.2) is 0 Å². The first-order chi connectivity index (χ1) is 8.97. The Balaban J connectivity index is 1.75. The third kappa shape index (κ3) is 3.23. The molecule has 1 aliphatic heterocycles. The second-order valence-corrected chi connectivity index (χ2v) is 5.26. The van der Waals surface area contributed by atoms with Gasteiger partial charge < -0.3 is 15.3 Å². The molecule has 7 heteroatoms. The molecule has 0 spiro atoms. The molecule has 0 aromatic rings. The van der Waals surface area contributed by atoms with Crippen LogP contribution in [0.4, 0.5) is 4.79 Å². The normalized spacial score (nSPS) is 27.3. The van der Waals surface area contributed by atoms with Crippen LogP contribution < -0.4 is 5.32 Å². The van der Waals surface area contributed by atoms with E-state index in [2.05, 4.69) is 5.32 Å². The minimum atomic E-state index is -0.434. The maximum Gasteiger partial charge on any atom is 0.327 e. The predicted molar refractivity (Wildman–Crippen MR) is 66.1 cm³/mol. The van der Waals surface area contributed by atoms with Crippen LogP contribution in [-0.4, -0.2) is 65.5 Å². The lowest BCUT2D eigenvalue weighted by Gasteiger charge is -2.15. The fraction of sp³-hybridized carbons (Fsp3) is 0.750. The average molecular weight is 269 g/mol. The number of nitrogens with one attached hydrogen (secondary N) is 1. The van der Waals surface area contributed by atoms with E-state index in [9.17, 15) is 19.5 Å². The topological polar surface area (TPSA) is 90.0 Å². The summed E-state index contributed by atoms with van der Waals surface area (Å²) in [4.78, 5) is 37.0. The van der Waals surface area contributed by atoms with Crippen molar-refractivity contribution in [3.05, 3.63) is 0 Å². The Kier molecular flexibility index (Phi) is 4.04. The van der Waals surface area contributed by atoms with Gasteiger partial charge in [-0.3, -0.25) is 14.5 Å². The third-order valence-corrected chi connectivity index (χ3v) is 3.63. The van der Waals surface area contributed by atoms with Crippen LogP contribution in [-0.2, 0) is 9.59 Å². The summed E-state index contributed by atoms with van der Waals surface area (Å²) >= 11 is 0. The lowest BCUT2D eigenvalue weighted by molar-refractivity contribution is -0.130. The smallest absolute Gasteiger partial charge is 0.327 e. The number of aliphatic hydroxyl groups excluding tert-OH is 1. The molecule has 19 heavy (non-hydrogen) atoms. The van der Waals surface area contributed by atoms with Crippen LogP contribution in [0.3, 0.4) is 0 Å². The fourth-order valence-corrected chi connectivity index (χ4v) is 2.52. The van der Waals surface area contributed by atoms with Gasteiger partial charge in [0.2, 0.25) is 5.91 Å². The summed E-state index contributed by atoms with van der Waals surface area (Å²) in [6.45, 7) is 0.292. The van der Waals surface area contributed by atoms with E-state index >= 15 is 0 Å². The maximum absolute atomic E-state index is 11.7. The number of nitrogens with zero attached hydrogens (tertiary/aromatic N) is 2. The summed E-state index contributed by atoms with van der Waals surface area (Å²) in [6.07, 6.45) is 2.10. The maximum atomic E-state index is 11.7. The van der Waals surface area contributed by atoms with Gasteiger partial charge in [0.15, 0.2) is 0 Å². The van der Waals surface area contributed by atoms with Crippen molar-refractivity contribution in [3.63, 3.8) is 0 Å². The zero-order valence-electron chi connectivity index (χ0n) is 11.0. The van der Waals surface area contributed by atoms with Crippen molar-refractivity contribution < 1.29 is 19.5 Å². The van der Waals surface area contributed by atoms with Gasteiger partial charge >= 0.3 is 6.03 Å². The highest BCUT2D eigenvalue weighted by Crippen LogP contribution is 2.24. The Morgan fingerprint density at radius 2 is 2.16 bits per heavy atom. The summed E-state index contributed by atoms with van der Waals surface area (Å²) in [6, 6.07) is -0.434. The highest BCUT2D eigenvalue weighted by atomic mass is 16.3. The number of likely N-dealkylation sites (N-methyl/N-ethyl adjacent to an activating group) is 1. The van der Waals surface area contributed by atoms with Gasteiger partial charge in [0.25, 0.3) is 5.91 Å². The summed E-state index contributed by atoms with van der Waals surface area (Å²) < 4.78 is 0. The summed E-state index contributed by atoms with van der Waals surface area (Å²) in [5, 5.41) is 12.1. The third-order valence-electron chi connectivity index (χ3n) is 3.63. The van der Waals surface area contributed by atoms with Gasteiger partial charge in [-0.05, 0) is 25.2 Å². The summed E-state index contributed by atoms with van der Waals surface area (Å²) in [5.74, 6) is -0.399. The van der Waals surface area contributed by atoms with E-state index in [-0.39, 0.29) is 36.9 Å². The number of hydrogen-bond acceptors (Lipinski definition) is 4. The van der Waals surface area contributed by atoms with Gasteiger partial charge in [0, 0.05) is 13.6 Å². The molecule has 0 aromatic heterocycles. The Labute approximate surface area is 111 Å². The van der Waals surface area contributed by atoms with Crippen LogP contribution in [0.25, 0.3) is 0 Å². The van der Waals surface area contributed by atoms with E-state index in [1.54, 1.807) is 0 Å². The van der Waals surface area contributed by atoms with Crippen molar-refractivity contribution in [2.24, 2.45) is 5.92 Å². The Bertz CT molecular complexity index is 398. The number of aliphatic hydroxyl groups is 1. The molecule has 0 aromatic carbocycles. The van der Waals surface area contributed by atoms with Gasteiger partial charge in [-0.15, -0.1) is 0 Å². The summed E-state index contributed by atoms with van der Waals surface area (Å²) in [5.41, 5.74) is 0. The molecule has 106 valence electrons. The van der Waals surface area contributed by atoms with Gasteiger partial charge in [-0.1, -0.05) is 0 Å². The van der Waals surface area contributed by atoms with Crippen LogP contribution in [0.5, 0.6) is 0 Å². The van der Waals surface area contributed by atoms with Crippen molar-refractivity contribution in [1.29, 1.82) is 0 Å². The molecule has 4 amide bonds. The Morgan fingerprint density at radius 3 is 2.68 bits per heavy atom. The first kappa shape index (κ1) is 13.8. The number of amides is 4. The molecule has 2 rings (SSSR count). The zero-order valence-corrected chi connectivity index (χ0v) is 11.0. The molecule has 1 aliphatic carbocycles. The second-order valence-electron chi connectivity index (χ2n) is 5.26. The van der Waals surface area contributed by atoms with Crippen molar-refractivity contribution in [2.75, 3.05) is 26.7 Å².